The van der Waals surface area contributed by atoms with Gasteiger partial charge in [-0.1, -0.05) is 64.1 Å². The lowest BCUT2D eigenvalue weighted by Gasteiger charge is -2.19. The minimum atomic E-state index is 0.411. The SMILES string of the molecule is Cc1c(-c2n(-c3c(C(C)C)cccc3C(C)C)c3ccccc3[n+]2C)cccc1-n1ccc[n+]1C. The predicted molar refractivity (Wildman–Crippen MR) is 143 cm³/mol. The van der Waals surface area contributed by atoms with Gasteiger partial charge < -0.3 is 0 Å². The van der Waals surface area contributed by atoms with Crippen molar-refractivity contribution in [3.63, 3.8) is 0 Å². The first-order chi connectivity index (χ1) is 16.8. The van der Waals surface area contributed by atoms with Crippen LogP contribution in [0.1, 0.15) is 56.2 Å². The Bertz CT molecular complexity index is 1510. The van der Waals surface area contributed by atoms with E-state index >= 15 is 0 Å². The van der Waals surface area contributed by atoms with Crippen LogP contribution in [0.5, 0.6) is 0 Å². The summed E-state index contributed by atoms with van der Waals surface area (Å²) < 4.78 is 9.19. The molecular weight excluding hydrogens is 428 g/mol. The highest BCUT2D eigenvalue weighted by Crippen LogP contribution is 2.37. The molecule has 0 aliphatic heterocycles. The molecule has 0 spiro atoms. The Morgan fingerprint density at radius 1 is 0.743 bits per heavy atom. The summed E-state index contributed by atoms with van der Waals surface area (Å²) in [4.78, 5) is 0. The smallest absolute Gasteiger partial charge is 0.225 e. The molecule has 178 valence electrons. The highest BCUT2D eigenvalue weighted by Gasteiger charge is 2.31. The van der Waals surface area contributed by atoms with E-state index in [0.717, 1.165) is 0 Å². The number of fused-ring (bicyclic) bond motifs is 1. The van der Waals surface area contributed by atoms with Crippen LogP contribution in [0.4, 0.5) is 0 Å². The Morgan fingerprint density at radius 3 is 2.03 bits per heavy atom. The van der Waals surface area contributed by atoms with Gasteiger partial charge in [-0.3, -0.25) is 0 Å². The summed E-state index contributed by atoms with van der Waals surface area (Å²) in [7, 11) is 4.28. The van der Waals surface area contributed by atoms with E-state index < -0.39 is 0 Å². The third kappa shape index (κ3) is 3.68. The molecule has 0 atom stereocenters. The minimum absolute atomic E-state index is 0.411. The van der Waals surface area contributed by atoms with Gasteiger partial charge in [0, 0.05) is 17.2 Å². The van der Waals surface area contributed by atoms with Crippen LogP contribution in [-0.4, -0.2) is 9.25 Å². The van der Waals surface area contributed by atoms with Gasteiger partial charge >= 0.3 is 0 Å². The molecule has 35 heavy (non-hydrogen) atoms. The van der Waals surface area contributed by atoms with Crippen molar-refractivity contribution in [2.24, 2.45) is 14.1 Å². The van der Waals surface area contributed by atoms with E-state index in [1.165, 1.54) is 50.5 Å². The molecule has 4 heteroatoms. The van der Waals surface area contributed by atoms with E-state index in [2.05, 4.69) is 146 Å². The lowest BCUT2D eigenvalue weighted by atomic mass is 9.92. The van der Waals surface area contributed by atoms with E-state index in [4.69, 9.17) is 0 Å². The summed E-state index contributed by atoms with van der Waals surface area (Å²) in [5.41, 5.74) is 10.2. The second-order valence-corrected chi connectivity index (χ2v) is 10.2. The number of hydrogen-bond acceptors (Lipinski definition) is 0. The van der Waals surface area contributed by atoms with Crippen LogP contribution in [0, 0.1) is 6.92 Å². The summed E-state index contributed by atoms with van der Waals surface area (Å²) in [6.07, 6.45) is 4.20. The molecule has 0 bridgehead atoms. The first kappa shape index (κ1) is 23.1. The molecule has 0 N–H and O–H groups in total. The van der Waals surface area contributed by atoms with Crippen molar-refractivity contribution in [3.8, 4) is 22.8 Å². The predicted octanol–water partition coefficient (Wildman–Crippen LogP) is 6.29. The zero-order valence-corrected chi connectivity index (χ0v) is 21.9. The number of benzene rings is 3. The standard InChI is InChI=1S/C31H36N4/c1-21(2)24-13-10-14-25(22(3)4)30(24)35-29-17-9-8-16-28(29)33(7)31(35)26-15-11-18-27(23(26)5)34-20-12-19-32(34)6/h8-22H,1-7H3/q+2. The first-order valence-electron chi connectivity index (χ1n) is 12.6. The van der Waals surface area contributed by atoms with Crippen molar-refractivity contribution in [1.82, 2.24) is 9.25 Å². The Kier molecular flexibility index (Phi) is 5.84. The average Bonchev–Trinajstić information content (AvgIpc) is 3.39. The third-order valence-electron chi connectivity index (χ3n) is 7.24. The van der Waals surface area contributed by atoms with E-state index in [-0.39, 0.29) is 0 Å². The number of hydrogen-bond donors (Lipinski definition) is 0. The summed E-state index contributed by atoms with van der Waals surface area (Å²) in [5.74, 6) is 2.03. The zero-order chi connectivity index (χ0) is 24.9. The van der Waals surface area contributed by atoms with Crippen molar-refractivity contribution >= 4 is 11.0 Å². The largest absolute Gasteiger partial charge is 0.295 e. The van der Waals surface area contributed by atoms with Gasteiger partial charge in [0.05, 0.1) is 18.8 Å². The molecule has 4 nitrogen and oxygen atoms in total. The van der Waals surface area contributed by atoms with E-state index in [0.29, 0.717) is 11.8 Å². The Labute approximate surface area is 208 Å². The molecule has 0 saturated heterocycles. The van der Waals surface area contributed by atoms with Gasteiger partial charge in [0.2, 0.25) is 0 Å². The molecule has 5 aromatic rings. The lowest BCUT2D eigenvalue weighted by Crippen LogP contribution is -2.37. The van der Waals surface area contributed by atoms with Crippen molar-refractivity contribution in [2.75, 3.05) is 0 Å². The number of imidazole rings is 1. The normalized spacial score (nSPS) is 11.8. The van der Waals surface area contributed by atoms with Gasteiger partial charge in [0.1, 0.15) is 11.4 Å². The van der Waals surface area contributed by atoms with Crippen LogP contribution in [0.25, 0.3) is 33.8 Å². The van der Waals surface area contributed by atoms with E-state index in [1.807, 2.05) is 0 Å². The summed E-state index contributed by atoms with van der Waals surface area (Å²) in [5, 5.41) is 0. The molecule has 2 heterocycles. The molecular formula is C31H36N4+2. The van der Waals surface area contributed by atoms with Crippen molar-refractivity contribution in [2.45, 2.75) is 46.5 Å². The fourth-order valence-corrected chi connectivity index (χ4v) is 5.40. The van der Waals surface area contributed by atoms with Crippen LogP contribution < -0.4 is 9.25 Å². The first-order valence-corrected chi connectivity index (χ1v) is 12.6. The van der Waals surface area contributed by atoms with Gasteiger partial charge in [0.15, 0.2) is 24.3 Å². The van der Waals surface area contributed by atoms with Crippen molar-refractivity contribution in [1.29, 1.82) is 0 Å². The van der Waals surface area contributed by atoms with Gasteiger partial charge in [-0.05, 0) is 48.6 Å². The van der Waals surface area contributed by atoms with Crippen LogP contribution in [0.2, 0.25) is 0 Å². The maximum absolute atomic E-state index is 2.52. The monoisotopic (exact) mass is 464 g/mol. The topological polar surface area (TPSA) is 17.6 Å². The molecule has 5 rings (SSSR count). The molecule has 0 amide bonds. The Morgan fingerprint density at radius 2 is 1.40 bits per heavy atom. The third-order valence-corrected chi connectivity index (χ3v) is 7.24. The van der Waals surface area contributed by atoms with Gasteiger partial charge in [-0.25, -0.2) is 4.57 Å². The zero-order valence-electron chi connectivity index (χ0n) is 21.9. The van der Waals surface area contributed by atoms with Crippen molar-refractivity contribution in [3.05, 3.63) is 95.8 Å². The second-order valence-electron chi connectivity index (χ2n) is 10.2. The maximum atomic E-state index is 2.52. The Hall–Kier alpha value is -3.66. The summed E-state index contributed by atoms with van der Waals surface area (Å²) >= 11 is 0. The highest BCUT2D eigenvalue weighted by molar-refractivity contribution is 5.81. The lowest BCUT2D eigenvalue weighted by molar-refractivity contribution is -0.744. The molecule has 0 fully saturated rings. The number of aromatic nitrogens is 4. The molecule has 0 aliphatic rings. The molecule has 2 aromatic heterocycles. The van der Waals surface area contributed by atoms with Crippen LogP contribution in [-0.2, 0) is 14.1 Å². The van der Waals surface area contributed by atoms with Crippen LogP contribution in [0.3, 0.4) is 0 Å². The van der Waals surface area contributed by atoms with Gasteiger partial charge in [-0.2, -0.15) is 4.57 Å². The second kappa shape index (κ2) is 8.84. The van der Waals surface area contributed by atoms with E-state index in [9.17, 15) is 0 Å². The van der Waals surface area contributed by atoms with Gasteiger partial charge in [0.25, 0.3) is 5.82 Å². The number of para-hydroxylation sites is 3. The summed E-state index contributed by atoms with van der Waals surface area (Å²) in [6.45, 7) is 11.4. The average molecular weight is 465 g/mol. The fourth-order valence-electron chi connectivity index (χ4n) is 5.40. The fraction of sp³-hybridized carbons (Fsp3) is 0.290. The molecule has 0 aliphatic carbocycles. The molecule has 0 radical (unpaired) electrons. The van der Waals surface area contributed by atoms with Gasteiger partial charge in [-0.15, -0.1) is 9.36 Å². The minimum Gasteiger partial charge on any atom is -0.225 e. The number of rotatable bonds is 5. The highest BCUT2D eigenvalue weighted by atomic mass is 15.4. The molecule has 0 unspecified atom stereocenters. The number of nitrogens with zero attached hydrogens (tertiary/aromatic N) is 4. The van der Waals surface area contributed by atoms with E-state index in [1.54, 1.807) is 0 Å². The van der Waals surface area contributed by atoms with Crippen LogP contribution in [0.15, 0.2) is 79.1 Å². The number of aryl methyl sites for hydroxylation is 2. The van der Waals surface area contributed by atoms with Crippen LogP contribution >= 0.6 is 0 Å². The molecule has 3 aromatic carbocycles. The Balaban J connectivity index is 1.93. The summed E-state index contributed by atoms with van der Waals surface area (Å²) in [6, 6.07) is 24.3. The quantitative estimate of drug-likeness (QED) is 0.272. The van der Waals surface area contributed by atoms with Crippen molar-refractivity contribution < 1.29 is 9.25 Å². The molecule has 0 saturated carbocycles. The maximum Gasteiger partial charge on any atom is 0.295 e.